The standard InChI is InChI=1S/C21H23FN4O6S/c22-15-1-3-16(4-2-15)32-19-6-5-17(33(29,30)25-9-11-31-12-10-25)13-18(19)24-14-20(27)26-8-7-23-21(26)28/h1-6,13,24H,7-12,14H2,(H,23,28). The van der Waals surface area contributed by atoms with Crippen LogP contribution in [0, 0.1) is 5.82 Å². The lowest BCUT2D eigenvalue weighted by Gasteiger charge is -2.26. The Labute approximate surface area is 190 Å². The number of nitrogens with zero attached hydrogens (tertiary/aromatic N) is 2. The van der Waals surface area contributed by atoms with Crippen LogP contribution in [0.4, 0.5) is 14.9 Å². The number of imide groups is 1. The molecule has 2 aromatic rings. The van der Waals surface area contributed by atoms with Crippen molar-refractivity contribution in [2.24, 2.45) is 0 Å². The number of sulfonamides is 1. The van der Waals surface area contributed by atoms with Gasteiger partial charge in [-0.1, -0.05) is 0 Å². The number of anilines is 1. The van der Waals surface area contributed by atoms with Crippen molar-refractivity contribution < 1.29 is 31.9 Å². The van der Waals surface area contributed by atoms with Crippen molar-refractivity contribution in [1.29, 1.82) is 0 Å². The largest absolute Gasteiger partial charge is 0.455 e. The fourth-order valence-electron chi connectivity index (χ4n) is 3.44. The number of hydrogen-bond donors (Lipinski definition) is 2. The van der Waals surface area contributed by atoms with Gasteiger partial charge in [-0.05, 0) is 42.5 Å². The molecular weight excluding hydrogens is 455 g/mol. The highest BCUT2D eigenvalue weighted by molar-refractivity contribution is 7.89. The van der Waals surface area contributed by atoms with Gasteiger partial charge in [0.2, 0.25) is 15.9 Å². The molecule has 2 aromatic carbocycles. The Morgan fingerprint density at radius 3 is 2.52 bits per heavy atom. The van der Waals surface area contributed by atoms with E-state index in [2.05, 4.69) is 10.6 Å². The fourth-order valence-corrected chi connectivity index (χ4v) is 4.87. The van der Waals surface area contributed by atoms with Crippen molar-refractivity contribution in [3.8, 4) is 11.5 Å². The van der Waals surface area contributed by atoms with E-state index in [1.807, 2.05) is 0 Å². The van der Waals surface area contributed by atoms with E-state index < -0.39 is 27.8 Å². The first-order valence-electron chi connectivity index (χ1n) is 10.3. The predicted octanol–water partition coefficient (Wildman–Crippen LogP) is 1.60. The van der Waals surface area contributed by atoms with Crippen molar-refractivity contribution in [1.82, 2.24) is 14.5 Å². The van der Waals surface area contributed by atoms with Crippen molar-refractivity contribution >= 4 is 27.6 Å². The molecule has 4 rings (SSSR count). The summed E-state index contributed by atoms with van der Waals surface area (Å²) in [6, 6.07) is 9.09. The first kappa shape index (κ1) is 23.0. The van der Waals surface area contributed by atoms with Gasteiger partial charge in [0.15, 0.2) is 5.75 Å². The predicted molar refractivity (Wildman–Crippen MR) is 116 cm³/mol. The zero-order valence-corrected chi connectivity index (χ0v) is 18.4. The maximum absolute atomic E-state index is 13.2. The monoisotopic (exact) mass is 478 g/mol. The molecule has 0 aliphatic carbocycles. The average molecular weight is 479 g/mol. The van der Waals surface area contributed by atoms with Crippen LogP contribution in [0.2, 0.25) is 0 Å². The van der Waals surface area contributed by atoms with Gasteiger partial charge >= 0.3 is 6.03 Å². The molecule has 2 fully saturated rings. The lowest BCUT2D eigenvalue weighted by atomic mass is 10.2. The van der Waals surface area contributed by atoms with Crippen LogP contribution in [0.25, 0.3) is 0 Å². The lowest BCUT2D eigenvalue weighted by molar-refractivity contribution is -0.125. The molecule has 2 aliphatic rings. The molecule has 0 spiro atoms. The van der Waals surface area contributed by atoms with E-state index >= 15 is 0 Å². The minimum absolute atomic E-state index is 0.0183. The van der Waals surface area contributed by atoms with E-state index in [0.29, 0.717) is 25.5 Å². The summed E-state index contributed by atoms with van der Waals surface area (Å²) in [7, 11) is -3.79. The summed E-state index contributed by atoms with van der Waals surface area (Å²) in [6.07, 6.45) is 0. The zero-order valence-electron chi connectivity index (χ0n) is 17.6. The summed E-state index contributed by atoms with van der Waals surface area (Å²) < 4.78 is 51.7. The van der Waals surface area contributed by atoms with Gasteiger partial charge in [0.05, 0.1) is 30.3 Å². The SMILES string of the molecule is O=C(CNc1cc(S(=O)(=O)N2CCOCC2)ccc1Oc1ccc(F)cc1)N1CCNC1=O. The number of carbonyl (C=O) groups is 2. The summed E-state index contributed by atoms with van der Waals surface area (Å²) in [6.45, 7) is 1.46. The Kier molecular flexibility index (Phi) is 6.77. The second-order valence-corrected chi connectivity index (χ2v) is 9.30. The zero-order chi connectivity index (χ0) is 23.4. The number of urea groups is 1. The Hall–Kier alpha value is -3.22. The molecule has 0 radical (unpaired) electrons. The van der Waals surface area contributed by atoms with Crippen LogP contribution in [0.1, 0.15) is 0 Å². The van der Waals surface area contributed by atoms with Crippen LogP contribution in [-0.2, 0) is 19.6 Å². The quantitative estimate of drug-likeness (QED) is 0.621. The van der Waals surface area contributed by atoms with Crippen LogP contribution in [0.3, 0.4) is 0 Å². The third kappa shape index (κ3) is 5.24. The molecule has 33 heavy (non-hydrogen) atoms. The number of morpholine rings is 1. The Morgan fingerprint density at radius 1 is 1.12 bits per heavy atom. The molecule has 0 unspecified atom stereocenters. The van der Waals surface area contributed by atoms with Crippen molar-refractivity contribution in [3.05, 3.63) is 48.3 Å². The molecule has 3 amide bonds. The summed E-state index contributed by atoms with van der Waals surface area (Å²) >= 11 is 0. The van der Waals surface area contributed by atoms with Crippen LogP contribution in [0.15, 0.2) is 47.4 Å². The summed E-state index contributed by atoms with van der Waals surface area (Å²) in [5, 5.41) is 5.43. The van der Waals surface area contributed by atoms with E-state index in [-0.39, 0.29) is 42.5 Å². The molecule has 10 nitrogen and oxygen atoms in total. The number of nitrogens with one attached hydrogen (secondary N) is 2. The normalized spacial score (nSPS) is 17.0. The molecule has 12 heteroatoms. The Bertz CT molecular complexity index is 1140. The molecule has 0 aromatic heterocycles. The second-order valence-electron chi connectivity index (χ2n) is 7.36. The summed E-state index contributed by atoms with van der Waals surface area (Å²) in [5.74, 6) is -0.337. The number of amides is 3. The highest BCUT2D eigenvalue weighted by Crippen LogP contribution is 2.33. The summed E-state index contributed by atoms with van der Waals surface area (Å²) in [4.78, 5) is 25.3. The second kappa shape index (κ2) is 9.73. The molecule has 0 saturated carbocycles. The van der Waals surface area contributed by atoms with Gasteiger partial charge in [-0.15, -0.1) is 0 Å². The van der Waals surface area contributed by atoms with Crippen LogP contribution >= 0.6 is 0 Å². The first-order valence-corrected chi connectivity index (χ1v) is 11.8. The Morgan fingerprint density at radius 2 is 1.85 bits per heavy atom. The summed E-state index contributed by atoms with van der Waals surface area (Å²) in [5.41, 5.74) is 0.238. The molecule has 2 heterocycles. The van der Waals surface area contributed by atoms with E-state index in [4.69, 9.17) is 9.47 Å². The number of ether oxygens (including phenoxy) is 2. The van der Waals surface area contributed by atoms with Gasteiger partial charge in [-0.3, -0.25) is 9.69 Å². The average Bonchev–Trinajstić information content (AvgIpc) is 3.26. The highest BCUT2D eigenvalue weighted by atomic mass is 32.2. The molecule has 2 N–H and O–H groups in total. The van der Waals surface area contributed by atoms with Gasteiger partial charge in [-0.2, -0.15) is 4.31 Å². The number of rotatable bonds is 7. The highest BCUT2D eigenvalue weighted by Gasteiger charge is 2.28. The number of benzene rings is 2. The number of carbonyl (C=O) groups excluding carboxylic acids is 2. The van der Waals surface area contributed by atoms with Crippen LogP contribution < -0.4 is 15.4 Å². The molecule has 0 atom stereocenters. The van der Waals surface area contributed by atoms with Gasteiger partial charge in [-0.25, -0.2) is 17.6 Å². The minimum atomic E-state index is -3.79. The van der Waals surface area contributed by atoms with Crippen molar-refractivity contribution in [2.75, 3.05) is 51.3 Å². The van der Waals surface area contributed by atoms with Gasteiger partial charge in [0.1, 0.15) is 11.6 Å². The number of hydrogen-bond acceptors (Lipinski definition) is 7. The maximum Gasteiger partial charge on any atom is 0.324 e. The van der Waals surface area contributed by atoms with Crippen molar-refractivity contribution in [2.45, 2.75) is 4.90 Å². The third-order valence-electron chi connectivity index (χ3n) is 5.19. The van der Waals surface area contributed by atoms with Crippen LogP contribution in [-0.4, -0.2) is 75.5 Å². The molecule has 2 aliphatic heterocycles. The smallest absolute Gasteiger partial charge is 0.324 e. The van der Waals surface area contributed by atoms with Gasteiger partial charge < -0.3 is 20.1 Å². The van der Waals surface area contributed by atoms with Gasteiger partial charge in [0, 0.05) is 26.2 Å². The van der Waals surface area contributed by atoms with Gasteiger partial charge in [0.25, 0.3) is 0 Å². The molecule has 176 valence electrons. The molecular formula is C21H23FN4O6S. The van der Waals surface area contributed by atoms with Crippen LogP contribution in [0.5, 0.6) is 11.5 Å². The first-order chi connectivity index (χ1) is 15.8. The Balaban J connectivity index is 1.60. The fraction of sp³-hybridized carbons (Fsp3) is 0.333. The topological polar surface area (TPSA) is 117 Å². The number of halogens is 1. The van der Waals surface area contributed by atoms with Crippen molar-refractivity contribution in [3.63, 3.8) is 0 Å². The molecule has 2 saturated heterocycles. The van der Waals surface area contributed by atoms with E-state index in [1.165, 1.54) is 46.8 Å². The lowest BCUT2D eigenvalue weighted by Crippen LogP contribution is -2.40. The maximum atomic E-state index is 13.2. The minimum Gasteiger partial charge on any atom is -0.455 e. The van der Waals surface area contributed by atoms with E-state index in [9.17, 15) is 22.4 Å². The molecule has 0 bridgehead atoms. The van der Waals surface area contributed by atoms with E-state index in [0.717, 1.165) is 4.90 Å². The third-order valence-corrected chi connectivity index (χ3v) is 7.08. The van der Waals surface area contributed by atoms with E-state index in [1.54, 1.807) is 0 Å².